The van der Waals surface area contributed by atoms with Crippen LogP contribution in [0.1, 0.15) is 18.1 Å². The number of nitrogens with one attached hydrogen (secondary N) is 1. The van der Waals surface area contributed by atoms with Gasteiger partial charge in [-0.3, -0.25) is 4.72 Å². The van der Waals surface area contributed by atoms with E-state index in [9.17, 15) is 21.6 Å². The van der Waals surface area contributed by atoms with Gasteiger partial charge in [0.05, 0.1) is 16.1 Å². The molecule has 0 aromatic heterocycles. The van der Waals surface area contributed by atoms with Gasteiger partial charge in [-0.2, -0.15) is 13.2 Å². The number of hydrogen-bond acceptors (Lipinski definition) is 2. The Labute approximate surface area is 126 Å². The number of sulfonamides is 1. The van der Waals surface area contributed by atoms with E-state index < -0.39 is 26.7 Å². The third-order valence-corrected chi connectivity index (χ3v) is 4.48. The minimum Gasteiger partial charge on any atom is -0.279 e. The summed E-state index contributed by atoms with van der Waals surface area (Å²) in [6.07, 6.45) is -3.99. The molecule has 2 aromatic carbocycles. The third kappa shape index (κ3) is 3.59. The standard InChI is InChI=1S/C15H14F3NO2S/c1-2-11-6-3-4-9-14(11)19-22(20,21)13-8-5-7-12(10-13)15(16,17)18/h3-10,19H,2H2,1H3. The zero-order valence-corrected chi connectivity index (χ0v) is 12.5. The quantitative estimate of drug-likeness (QED) is 0.919. The molecule has 0 aliphatic heterocycles. The van der Waals surface area contributed by atoms with Gasteiger partial charge in [-0.05, 0) is 36.2 Å². The molecular formula is C15H14F3NO2S. The Balaban J connectivity index is 2.39. The predicted octanol–water partition coefficient (Wildman–Crippen LogP) is 4.07. The van der Waals surface area contributed by atoms with Gasteiger partial charge >= 0.3 is 6.18 Å². The summed E-state index contributed by atoms with van der Waals surface area (Å²) in [5.41, 5.74) is 0.125. The lowest BCUT2D eigenvalue weighted by Crippen LogP contribution is -2.15. The molecule has 0 bridgehead atoms. The molecule has 7 heteroatoms. The van der Waals surface area contributed by atoms with Crippen molar-refractivity contribution in [1.82, 2.24) is 0 Å². The molecule has 0 fully saturated rings. The lowest BCUT2D eigenvalue weighted by atomic mass is 10.1. The molecule has 0 spiro atoms. The van der Waals surface area contributed by atoms with Gasteiger partial charge in [-0.1, -0.05) is 31.2 Å². The van der Waals surface area contributed by atoms with Crippen LogP contribution in [0.2, 0.25) is 0 Å². The average Bonchev–Trinajstić information content (AvgIpc) is 2.47. The van der Waals surface area contributed by atoms with Gasteiger partial charge in [-0.25, -0.2) is 8.42 Å². The molecule has 0 saturated heterocycles. The summed E-state index contributed by atoms with van der Waals surface area (Å²) in [6.45, 7) is 1.86. The van der Waals surface area contributed by atoms with Crippen molar-refractivity contribution < 1.29 is 21.6 Å². The third-order valence-electron chi connectivity index (χ3n) is 3.11. The summed E-state index contributed by atoms with van der Waals surface area (Å²) in [5.74, 6) is 0. The van der Waals surface area contributed by atoms with Gasteiger partial charge in [0.1, 0.15) is 0 Å². The lowest BCUT2D eigenvalue weighted by molar-refractivity contribution is -0.137. The Morgan fingerprint density at radius 3 is 2.36 bits per heavy atom. The largest absolute Gasteiger partial charge is 0.416 e. The van der Waals surface area contributed by atoms with E-state index in [-0.39, 0.29) is 0 Å². The van der Waals surface area contributed by atoms with E-state index in [0.717, 1.165) is 23.8 Å². The Bertz CT molecular complexity index is 770. The Morgan fingerprint density at radius 1 is 1.05 bits per heavy atom. The first-order valence-electron chi connectivity index (χ1n) is 6.52. The second-order valence-electron chi connectivity index (χ2n) is 4.64. The topological polar surface area (TPSA) is 46.2 Å². The van der Waals surface area contributed by atoms with E-state index in [0.29, 0.717) is 18.2 Å². The smallest absolute Gasteiger partial charge is 0.279 e. The van der Waals surface area contributed by atoms with Crippen LogP contribution in [0.4, 0.5) is 18.9 Å². The maximum Gasteiger partial charge on any atom is 0.416 e. The minimum atomic E-state index is -4.59. The summed E-state index contributed by atoms with van der Waals surface area (Å²) in [7, 11) is -4.08. The first kappa shape index (κ1) is 16.4. The molecule has 22 heavy (non-hydrogen) atoms. The SMILES string of the molecule is CCc1ccccc1NS(=O)(=O)c1cccc(C(F)(F)F)c1. The number of benzene rings is 2. The van der Waals surface area contributed by atoms with Crippen molar-refractivity contribution in [1.29, 1.82) is 0 Å². The van der Waals surface area contributed by atoms with Crippen LogP contribution >= 0.6 is 0 Å². The van der Waals surface area contributed by atoms with Crippen molar-refractivity contribution >= 4 is 15.7 Å². The molecule has 0 aliphatic rings. The summed E-state index contributed by atoms with van der Waals surface area (Å²) in [6, 6.07) is 10.4. The maximum absolute atomic E-state index is 12.7. The first-order chi connectivity index (χ1) is 10.2. The number of rotatable bonds is 4. The molecule has 0 saturated carbocycles. The molecule has 2 aromatic rings. The number of alkyl halides is 3. The highest BCUT2D eigenvalue weighted by Gasteiger charge is 2.31. The van der Waals surface area contributed by atoms with Crippen LogP contribution in [0.5, 0.6) is 0 Å². The molecule has 0 heterocycles. The van der Waals surface area contributed by atoms with Crippen molar-refractivity contribution in [3.63, 3.8) is 0 Å². The highest BCUT2D eigenvalue weighted by Crippen LogP contribution is 2.31. The highest BCUT2D eigenvalue weighted by atomic mass is 32.2. The van der Waals surface area contributed by atoms with Crippen molar-refractivity contribution in [2.75, 3.05) is 4.72 Å². The second kappa shape index (κ2) is 6.00. The molecule has 0 radical (unpaired) electrons. The Morgan fingerprint density at radius 2 is 1.73 bits per heavy atom. The van der Waals surface area contributed by atoms with Gasteiger partial charge in [0.2, 0.25) is 0 Å². The summed E-state index contributed by atoms with van der Waals surface area (Å²) < 4.78 is 64.9. The van der Waals surface area contributed by atoms with E-state index in [1.807, 2.05) is 6.92 Å². The predicted molar refractivity (Wildman–Crippen MR) is 78.1 cm³/mol. The summed E-state index contributed by atoms with van der Waals surface area (Å²) in [5, 5.41) is 0. The van der Waals surface area contributed by atoms with Gasteiger partial charge in [0.15, 0.2) is 0 Å². The van der Waals surface area contributed by atoms with Crippen LogP contribution in [-0.2, 0) is 22.6 Å². The van der Waals surface area contributed by atoms with E-state index in [1.54, 1.807) is 24.3 Å². The summed E-state index contributed by atoms with van der Waals surface area (Å²) in [4.78, 5) is -0.423. The van der Waals surface area contributed by atoms with Gasteiger partial charge < -0.3 is 0 Å². The number of para-hydroxylation sites is 1. The van der Waals surface area contributed by atoms with Crippen molar-refractivity contribution in [2.24, 2.45) is 0 Å². The van der Waals surface area contributed by atoms with Gasteiger partial charge in [0.25, 0.3) is 10.0 Å². The van der Waals surface area contributed by atoms with Crippen LogP contribution in [-0.4, -0.2) is 8.42 Å². The van der Waals surface area contributed by atoms with E-state index in [2.05, 4.69) is 4.72 Å². The minimum absolute atomic E-state index is 0.363. The fourth-order valence-electron chi connectivity index (χ4n) is 1.97. The second-order valence-corrected chi connectivity index (χ2v) is 6.32. The molecule has 0 unspecified atom stereocenters. The van der Waals surface area contributed by atoms with Crippen LogP contribution in [0.25, 0.3) is 0 Å². The van der Waals surface area contributed by atoms with Crippen molar-refractivity contribution in [3.05, 3.63) is 59.7 Å². The van der Waals surface area contributed by atoms with Crippen LogP contribution < -0.4 is 4.72 Å². The van der Waals surface area contributed by atoms with E-state index in [1.165, 1.54) is 0 Å². The molecular weight excluding hydrogens is 315 g/mol. The Hall–Kier alpha value is -2.02. The average molecular weight is 329 g/mol. The normalized spacial score (nSPS) is 12.2. The zero-order chi connectivity index (χ0) is 16.4. The summed E-state index contributed by atoms with van der Waals surface area (Å²) >= 11 is 0. The number of anilines is 1. The van der Waals surface area contributed by atoms with Crippen LogP contribution in [0.15, 0.2) is 53.4 Å². The van der Waals surface area contributed by atoms with E-state index >= 15 is 0 Å². The maximum atomic E-state index is 12.7. The molecule has 1 N–H and O–H groups in total. The zero-order valence-electron chi connectivity index (χ0n) is 11.7. The number of halogens is 3. The molecule has 0 atom stereocenters. The molecule has 3 nitrogen and oxygen atoms in total. The number of hydrogen-bond donors (Lipinski definition) is 1. The first-order valence-corrected chi connectivity index (χ1v) is 8.00. The fraction of sp³-hybridized carbons (Fsp3) is 0.200. The monoisotopic (exact) mass is 329 g/mol. The lowest BCUT2D eigenvalue weighted by Gasteiger charge is -2.13. The van der Waals surface area contributed by atoms with Crippen LogP contribution in [0.3, 0.4) is 0 Å². The van der Waals surface area contributed by atoms with Gasteiger partial charge in [-0.15, -0.1) is 0 Å². The highest BCUT2D eigenvalue weighted by molar-refractivity contribution is 7.92. The molecule has 0 aliphatic carbocycles. The number of aryl methyl sites for hydroxylation is 1. The molecule has 118 valence electrons. The molecule has 0 amide bonds. The Kier molecular flexibility index (Phi) is 4.46. The van der Waals surface area contributed by atoms with Crippen molar-refractivity contribution in [2.45, 2.75) is 24.4 Å². The molecule has 2 rings (SSSR count). The van der Waals surface area contributed by atoms with E-state index in [4.69, 9.17) is 0 Å². The van der Waals surface area contributed by atoms with Gasteiger partial charge in [0, 0.05) is 0 Å². The van der Waals surface area contributed by atoms with Crippen LogP contribution in [0, 0.1) is 0 Å². The fourth-order valence-corrected chi connectivity index (χ4v) is 3.12. The van der Waals surface area contributed by atoms with Crippen molar-refractivity contribution in [3.8, 4) is 0 Å².